The van der Waals surface area contributed by atoms with Crippen LogP contribution in [-0.2, 0) is 0 Å². The van der Waals surface area contributed by atoms with Crippen molar-refractivity contribution in [1.29, 1.82) is 0 Å². The first kappa shape index (κ1) is 15.6. The SMILES string of the molecule is Cc1cccc2nc(C3CCN(c4cnc(C(=O)O)cn4)CC3)oc12. The number of carboxylic acid groups (broad SMARTS) is 1. The van der Waals surface area contributed by atoms with Crippen molar-refractivity contribution in [3.8, 4) is 0 Å². The van der Waals surface area contributed by atoms with Crippen LogP contribution in [0.3, 0.4) is 0 Å². The molecule has 0 unspecified atom stereocenters. The summed E-state index contributed by atoms with van der Waals surface area (Å²) in [6, 6.07) is 6.00. The van der Waals surface area contributed by atoms with Crippen LogP contribution in [0.25, 0.3) is 11.1 Å². The minimum atomic E-state index is -1.07. The van der Waals surface area contributed by atoms with E-state index in [9.17, 15) is 4.79 Å². The summed E-state index contributed by atoms with van der Waals surface area (Å²) in [4.78, 5) is 25.8. The molecule has 1 saturated heterocycles. The molecule has 1 aromatic carbocycles. The monoisotopic (exact) mass is 338 g/mol. The third kappa shape index (κ3) is 2.93. The molecule has 4 rings (SSSR count). The number of aromatic nitrogens is 3. The fraction of sp³-hybridized carbons (Fsp3) is 0.333. The number of carbonyl (C=O) groups is 1. The Hall–Kier alpha value is -2.96. The lowest BCUT2D eigenvalue weighted by Crippen LogP contribution is -2.33. The first-order valence-corrected chi connectivity index (χ1v) is 8.28. The van der Waals surface area contributed by atoms with E-state index in [2.05, 4.69) is 19.9 Å². The van der Waals surface area contributed by atoms with E-state index in [1.165, 1.54) is 12.4 Å². The summed E-state index contributed by atoms with van der Waals surface area (Å²) in [5, 5.41) is 8.89. The predicted molar refractivity (Wildman–Crippen MR) is 91.9 cm³/mol. The molecule has 0 aliphatic carbocycles. The van der Waals surface area contributed by atoms with Gasteiger partial charge in [0.15, 0.2) is 17.2 Å². The number of oxazole rings is 1. The van der Waals surface area contributed by atoms with Crippen molar-refractivity contribution in [3.63, 3.8) is 0 Å². The Labute approximate surface area is 144 Å². The van der Waals surface area contributed by atoms with Gasteiger partial charge < -0.3 is 14.4 Å². The van der Waals surface area contributed by atoms with E-state index in [0.29, 0.717) is 5.82 Å². The van der Waals surface area contributed by atoms with Crippen molar-refractivity contribution in [2.24, 2.45) is 0 Å². The Morgan fingerprint density at radius 2 is 2.04 bits per heavy atom. The molecule has 0 spiro atoms. The number of carboxylic acids is 1. The number of rotatable bonds is 3. The standard InChI is InChI=1S/C18H18N4O3/c1-11-3-2-4-13-16(11)25-17(21-13)12-5-7-22(8-6-12)15-10-19-14(9-20-15)18(23)24/h2-4,9-10,12H,5-8H2,1H3,(H,23,24). The fourth-order valence-corrected chi connectivity index (χ4v) is 3.23. The maximum absolute atomic E-state index is 10.9. The Bertz CT molecular complexity index is 912. The van der Waals surface area contributed by atoms with E-state index in [1.54, 1.807) is 0 Å². The lowest BCUT2D eigenvalue weighted by Gasteiger charge is -2.31. The number of fused-ring (bicyclic) bond motifs is 1. The molecule has 1 fully saturated rings. The van der Waals surface area contributed by atoms with Crippen LogP contribution < -0.4 is 4.90 Å². The third-order valence-electron chi connectivity index (χ3n) is 4.65. The smallest absolute Gasteiger partial charge is 0.356 e. The third-order valence-corrected chi connectivity index (χ3v) is 4.65. The van der Waals surface area contributed by atoms with Gasteiger partial charge in [0.05, 0.1) is 12.4 Å². The van der Waals surface area contributed by atoms with Crippen LogP contribution in [0.1, 0.15) is 40.7 Å². The Morgan fingerprint density at radius 3 is 2.68 bits per heavy atom. The van der Waals surface area contributed by atoms with E-state index >= 15 is 0 Å². The van der Waals surface area contributed by atoms with Crippen LogP contribution in [0, 0.1) is 6.92 Å². The quantitative estimate of drug-likeness (QED) is 0.784. The van der Waals surface area contributed by atoms with Gasteiger partial charge in [0, 0.05) is 19.0 Å². The first-order valence-electron chi connectivity index (χ1n) is 8.28. The number of hydrogen-bond acceptors (Lipinski definition) is 6. The van der Waals surface area contributed by atoms with Gasteiger partial charge in [0.1, 0.15) is 11.3 Å². The van der Waals surface area contributed by atoms with Crippen LogP contribution in [0.5, 0.6) is 0 Å². The minimum Gasteiger partial charge on any atom is -0.476 e. The van der Waals surface area contributed by atoms with E-state index in [4.69, 9.17) is 9.52 Å². The average Bonchev–Trinajstić information content (AvgIpc) is 3.08. The molecule has 3 heterocycles. The number of hydrogen-bond donors (Lipinski definition) is 1. The van der Waals surface area contributed by atoms with Crippen molar-refractivity contribution in [2.45, 2.75) is 25.7 Å². The van der Waals surface area contributed by atoms with Gasteiger partial charge in [-0.05, 0) is 31.4 Å². The highest BCUT2D eigenvalue weighted by molar-refractivity contribution is 5.84. The molecule has 25 heavy (non-hydrogen) atoms. The lowest BCUT2D eigenvalue weighted by atomic mass is 9.97. The summed E-state index contributed by atoms with van der Waals surface area (Å²) in [6.45, 7) is 3.65. The number of nitrogens with zero attached hydrogens (tertiary/aromatic N) is 4. The zero-order valence-corrected chi connectivity index (χ0v) is 13.8. The van der Waals surface area contributed by atoms with Gasteiger partial charge in [-0.2, -0.15) is 0 Å². The molecular weight excluding hydrogens is 320 g/mol. The second-order valence-corrected chi connectivity index (χ2v) is 6.30. The second-order valence-electron chi connectivity index (χ2n) is 6.30. The second kappa shape index (κ2) is 6.16. The molecule has 128 valence electrons. The molecule has 1 aliphatic rings. The molecule has 1 N–H and O–H groups in total. The highest BCUT2D eigenvalue weighted by Crippen LogP contribution is 2.32. The Kier molecular flexibility index (Phi) is 3.83. The van der Waals surface area contributed by atoms with Crippen LogP contribution >= 0.6 is 0 Å². The normalized spacial score (nSPS) is 15.6. The summed E-state index contributed by atoms with van der Waals surface area (Å²) >= 11 is 0. The molecule has 2 aromatic heterocycles. The Balaban J connectivity index is 1.47. The van der Waals surface area contributed by atoms with Crippen molar-refractivity contribution < 1.29 is 14.3 Å². The van der Waals surface area contributed by atoms with Crippen molar-refractivity contribution in [2.75, 3.05) is 18.0 Å². The summed E-state index contributed by atoms with van der Waals surface area (Å²) in [5.74, 6) is 0.728. The van der Waals surface area contributed by atoms with Gasteiger partial charge in [-0.1, -0.05) is 12.1 Å². The van der Waals surface area contributed by atoms with E-state index in [1.807, 2.05) is 25.1 Å². The van der Waals surface area contributed by atoms with Crippen LogP contribution in [0.15, 0.2) is 35.0 Å². The zero-order valence-electron chi connectivity index (χ0n) is 13.8. The molecular formula is C18H18N4O3. The summed E-state index contributed by atoms with van der Waals surface area (Å²) < 4.78 is 6.00. The topological polar surface area (TPSA) is 92.4 Å². The van der Waals surface area contributed by atoms with Gasteiger partial charge in [-0.3, -0.25) is 0 Å². The average molecular weight is 338 g/mol. The molecule has 1 aliphatic heterocycles. The van der Waals surface area contributed by atoms with Crippen LogP contribution in [0.2, 0.25) is 0 Å². The number of anilines is 1. The van der Waals surface area contributed by atoms with E-state index in [0.717, 1.165) is 48.5 Å². The van der Waals surface area contributed by atoms with Gasteiger partial charge in [-0.25, -0.2) is 19.7 Å². The molecule has 7 nitrogen and oxygen atoms in total. The molecule has 0 bridgehead atoms. The van der Waals surface area contributed by atoms with Crippen LogP contribution in [0.4, 0.5) is 5.82 Å². The molecule has 3 aromatic rings. The van der Waals surface area contributed by atoms with Gasteiger partial charge in [0.2, 0.25) is 0 Å². The highest BCUT2D eigenvalue weighted by Gasteiger charge is 2.25. The number of benzene rings is 1. The van der Waals surface area contributed by atoms with E-state index in [-0.39, 0.29) is 11.6 Å². The van der Waals surface area contributed by atoms with Crippen LogP contribution in [-0.4, -0.2) is 39.1 Å². The molecule has 7 heteroatoms. The molecule has 0 atom stereocenters. The highest BCUT2D eigenvalue weighted by atomic mass is 16.4. The van der Waals surface area contributed by atoms with Crippen molar-refractivity contribution in [1.82, 2.24) is 15.0 Å². The van der Waals surface area contributed by atoms with Crippen molar-refractivity contribution in [3.05, 3.63) is 47.7 Å². The summed E-state index contributed by atoms with van der Waals surface area (Å²) in [7, 11) is 0. The zero-order chi connectivity index (χ0) is 17.4. The van der Waals surface area contributed by atoms with Crippen molar-refractivity contribution >= 4 is 22.9 Å². The summed E-state index contributed by atoms with van der Waals surface area (Å²) in [6.07, 6.45) is 4.64. The largest absolute Gasteiger partial charge is 0.476 e. The maximum Gasteiger partial charge on any atom is 0.356 e. The molecule has 0 saturated carbocycles. The predicted octanol–water partition coefficient (Wildman–Crippen LogP) is 3.01. The van der Waals surface area contributed by atoms with Gasteiger partial charge in [0.25, 0.3) is 0 Å². The Morgan fingerprint density at radius 1 is 1.24 bits per heavy atom. The number of aromatic carboxylic acids is 1. The number of piperidine rings is 1. The lowest BCUT2D eigenvalue weighted by molar-refractivity contribution is 0.0690. The minimum absolute atomic E-state index is 0.0412. The maximum atomic E-state index is 10.9. The summed E-state index contributed by atoms with van der Waals surface area (Å²) in [5.41, 5.74) is 2.84. The van der Waals surface area contributed by atoms with E-state index < -0.39 is 5.97 Å². The van der Waals surface area contributed by atoms with Gasteiger partial charge in [-0.15, -0.1) is 0 Å². The number of aryl methyl sites for hydroxylation is 1. The molecule has 0 radical (unpaired) electrons. The first-order chi connectivity index (χ1) is 12.1. The molecule has 0 amide bonds. The number of para-hydroxylation sites is 1. The fourth-order valence-electron chi connectivity index (χ4n) is 3.23. The van der Waals surface area contributed by atoms with Gasteiger partial charge >= 0.3 is 5.97 Å².